The first-order valence-corrected chi connectivity index (χ1v) is 9.28. The average Bonchev–Trinajstić information content (AvgIpc) is 3.12. The fraction of sp³-hybridized carbons (Fsp3) is 0.286. The number of carbonyl (C=O) groups excluding carboxylic acids is 2. The summed E-state index contributed by atoms with van der Waals surface area (Å²) < 4.78 is 13.3. The first-order chi connectivity index (χ1) is 13.5. The van der Waals surface area contributed by atoms with Crippen LogP contribution in [0.2, 0.25) is 0 Å². The van der Waals surface area contributed by atoms with E-state index >= 15 is 0 Å². The van der Waals surface area contributed by atoms with Gasteiger partial charge in [-0.3, -0.25) is 14.6 Å². The van der Waals surface area contributed by atoms with E-state index in [1.54, 1.807) is 12.1 Å². The maximum atomic E-state index is 13.3. The smallest absolute Gasteiger partial charge is 0.268 e. The van der Waals surface area contributed by atoms with Crippen molar-refractivity contribution in [2.75, 3.05) is 5.01 Å². The van der Waals surface area contributed by atoms with Crippen LogP contribution in [-0.4, -0.2) is 23.6 Å². The Morgan fingerprint density at radius 1 is 1.11 bits per heavy atom. The molecule has 4 rings (SSSR count). The van der Waals surface area contributed by atoms with Crippen molar-refractivity contribution < 1.29 is 14.0 Å². The van der Waals surface area contributed by atoms with Crippen molar-refractivity contribution in [1.82, 2.24) is 5.32 Å². The number of benzene rings is 2. The fourth-order valence-electron chi connectivity index (χ4n) is 3.76. The number of hydrogen-bond donors (Lipinski definition) is 2. The molecule has 2 aromatic carbocycles. The van der Waals surface area contributed by atoms with Gasteiger partial charge in [0.1, 0.15) is 17.6 Å². The van der Waals surface area contributed by atoms with E-state index in [2.05, 4.69) is 10.4 Å². The summed E-state index contributed by atoms with van der Waals surface area (Å²) in [6, 6.07) is 14.6. The molecule has 2 amide bonds. The third-order valence-electron chi connectivity index (χ3n) is 5.48. The molecule has 1 unspecified atom stereocenters. The van der Waals surface area contributed by atoms with Crippen LogP contribution in [0.3, 0.4) is 0 Å². The Morgan fingerprint density at radius 3 is 2.36 bits per heavy atom. The minimum Gasteiger partial charge on any atom is -0.368 e. The van der Waals surface area contributed by atoms with Crippen LogP contribution in [0.5, 0.6) is 0 Å². The van der Waals surface area contributed by atoms with Gasteiger partial charge in [0.25, 0.3) is 5.91 Å². The molecule has 28 heavy (non-hydrogen) atoms. The topological polar surface area (TPSA) is 87.8 Å². The van der Waals surface area contributed by atoms with E-state index in [0.717, 1.165) is 24.8 Å². The molecule has 0 aromatic heterocycles. The molecule has 0 radical (unpaired) electrons. The van der Waals surface area contributed by atoms with Gasteiger partial charge in [-0.05, 0) is 49.1 Å². The van der Waals surface area contributed by atoms with Crippen LogP contribution in [0.1, 0.15) is 31.2 Å². The van der Waals surface area contributed by atoms with Crippen LogP contribution in [0.25, 0.3) is 0 Å². The zero-order chi connectivity index (χ0) is 19.7. The van der Waals surface area contributed by atoms with Crippen molar-refractivity contribution in [2.45, 2.75) is 37.3 Å². The Labute approximate surface area is 162 Å². The molecule has 0 bridgehead atoms. The maximum absolute atomic E-state index is 13.3. The zero-order valence-corrected chi connectivity index (χ0v) is 15.3. The molecule has 2 aromatic rings. The molecule has 0 saturated heterocycles. The lowest BCUT2D eigenvalue weighted by Crippen LogP contribution is -2.52. The molecule has 1 aliphatic heterocycles. The van der Waals surface area contributed by atoms with Gasteiger partial charge in [-0.2, -0.15) is 5.10 Å². The van der Waals surface area contributed by atoms with E-state index in [4.69, 9.17) is 5.73 Å². The third kappa shape index (κ3) is 3.24. The molecule has 1 fully saturated rings. The van der Waals surface area contributed by atoms with Crippen molar-refractivity contribution in [1.29, 1.82) is 0 Å². The van der Waals surface area contributed by atoms with Gasteiger partial charge >= 0.3 is 0 Å². The van der Waals surface area contributed by atoms with Gasteiger partial charge in [-0.25, -0.2) is 4.39 Å². The Balaban J connectivity index is 1.57. The molecule has 0 spiro atoms. The summed E-state index contributed by atoms with van der Waals surface area (Å²) in [4.78, 5) is 24.8. The number of rotatable bonds is 5. The molecular formula is C21H21FN4O2. The molecule has 7 heteroatoms. The third-order valence-corrected chi connectivity index (χ3v) is 5.48. The quantitative estimate of drug-likeness (QED) is 0.835. The number of nitrogens with zero attached hydrogens (tertiary/aromatic N) is 2. The molecule has 6 nitrogen and oxygen atoms in total. The number of nitrogens with two attached hydrogens (primary N) is 1. The number of hydrazone groups is 1. The van der Waals surface area contributed by atoms with Gasteiger partial charge in [0, 0.05) is 6.42 Å². The zero-order valence-electron chi connectivity index (χ0n) is 15.3. The minimum absolute atomic E-state index is 0.148. The van der Waals surface area contributed by atoms with Gasteiger partial charge in [0.05, 0.1) is 11.2 Å². The van der Waals surface area contributed by atoms with Crippen LogP contribution < -0.4 is 16.1 Å². The number of amides is 2. The summed E-state index contributed by atoms with van der Waals surface area (Å²) in [7, 11) is 0. The van der Waals surface area contributed by atoms with E-state index < -0.39 is 17.5 Å². The highest BCUT2D eigenvalue weighted by Crippen LogP contribution is 2.41. The van der Waals surface area contributed by atoms with Gasteiger partial charge in [0.2, 0.25) is 5.91 Å². The molecule has 144 valence electrons. The summed E-state index contributed by atoms with van der Waals surface area (Å²) >= 11 is 0. The number of nitrogens with one attached hydrogen (secondary N) is 1. The summed E-state index contributed by atoms with van der Waals surface area (Å²) in [5.41, 5.74) is 6.86. The van der Waals surface area contributed by atoms with Crippen molar-refractivity contribution in [3.05, 3.63) is 66.0 Å². The predicted molar refractivity (Wildman–Crippen MR) is 104 cm³/mol. The van der Waals surface area contributed by atoms with Crippen LogP contribution in [0, 0.1) is 5.82 Å². The Bertz CT molecular complexity index is 923. The highest BCUT2D eigenvalue weighted by Gasteiger charge is 2.42. The molecule has 3 N–H and O–H groups in total. The second-order valence-electron chi connectivity index (χ2n) is 7.25. The molecule has 2 aliphatic rings. The van der Waals surface area contributed by atoms with Crippen molar-refractivity contribution >= 4 is 23.2 Å². The van der Waals surface area contributed by atoms with E-state index in [0.29, 0.717) is 5.69 Å². The number of anilines is 1. The monoisotopic (exact) mass is 380 g/mol. The number of para-hydroxylation sites is 1. The van der Waals surface area contributed by atoms with Crippen LogP contribution in [0.15, 0.2) is 59.7 Å². The summed E-state index contributed by atoms with van der Waals surface area (Å²) in [6.45, 7) is 0. The minimum atomic E-state index is -0.702. The maximum Gasteiger partial charge on any atom is 0.268 e. The molecule has 1 saturated carbocycles. The second kappa shape index (κ2) is 7.07. The Kier molecular flexibility index (Phi) is 4.58. The van der Waals surface area contributed by atoms with Crippen LogP contribution >= 0.6 is 0 Å². The summed E-state index contributed by atoms with van der Waals surface area (Å²) in [6.07, 6.45) is 2.68. The van der Waals surface area contributed by atoms with Crippen LogP contribution in [-0.2, 0) is 15.1 Å². The Hall–Kier alpha value is -3.22. The van der Waals surface area contributed by atoms with Crippen molar-refractivity contribution in [3.63, 3.8) is 0 Å². The highest BCUT2D eigenvalue weighted by atomic mass is 19.1. The normalized spacial score (nSPS) is 20.2. The largest absolute Gasteiger partial charge is 0.368 e. The lowest BCUT2D eigenvalue weighted by molar-refractivity contribution is -0.119. The van der Waals surface area contributed by atoms with Crippen molar-refractivity contribution in [2.24, 2.45) is 10.8 Å². The van der Waals surface area contributed by atoms with Gasteiger partial charge in [-0.15, -0.1) is 0 Å². The van der Waals surface area contributed by atoms with Gasteiger partial charge in [0.15, 0.2) is 0 Å². The second-order valence-corrected chi connectivity index (χ2v) is 7.25. The summed E-state index contributed by atoms with van der Waals surface area (Å²) in [5.74, 6) is -1.17. The van der Waals surface area contributed by atoms with Gasteiger partial charge < -0.3 is 11.1 Å². The SMILES string of the molecule is NC(=O)C1CC(C(=O)NC2(c3ccc(F)cc3)CCC2)=NN1c1ccccc1. The van der Waals surface area contributed by atoms with Crippen molar-refractivity contribution in [3.8, 4) is 0 Å². The number of hydrogen-bond acceptors (Lipinski definition) is 4. The molecular weight excluding hydrogens is 359 g/mol. The summed E-state index contributed by atoms with van der Waals surface area (Å²) in [5, 5.41) is 8.96. The predicted octanol–water partition coefficient (Wildman–Crippen LogP) is 2.44. The standard InChI is InChI=1S/C21H21FN4O2/c22-15-9-7-14(8-10-15)21(11-4-12-21)24-20(28)17-13-18(19(23)27)26(25-17)16-5-2-1-3-6-16/h1-3,5-10,18H,4,11-13H2,(H2,23,27)(H,24,28). The van der Waals surface area contributed by atoms with Gasteiger partial charge in [-0.1, -0.05) is 30.3 Å². The lowest BCUT2D eigenvalue weighted by atomic mass is 9.71. The number of carbonyl (C=O) groups is 2. The first kappa shape index (κ1) is 18.2. The van der Waals surface area contributed by atoms with E-state index in [9.17, 15) is 14.0 Å². The number of primary amides is 1. The first-order valence-electron chi connectivity index (χ1n) is 9.28. The fourth-order valence-corrected chi connectivity index (χ4v) is 3.76. The lowest BCUT2D eigenvalue weighted by Gasteiger charge is -2.43. The molecule has 1 aliphatic carbocycles. The molecule has 1 heterocycles. The highest BCUT2D eigenvalue weighted by molar-refractivity contribution is 6.40. The molecule has 1 atom stereocenters. The van der Waals surface area contributed by atoms with Crippen LogP contribution in [0.4, 0.5) is 10.1 Å². The van der Waals surface area contributed by atoms with E-state index in [-0.39, 0.29) is 23.9 Å². The average molecular weight is 380 g/mol. The van der Waals surface area contributed by atoms with E-state index in [1.807, 2.05) is 30.3 Å². The van der Waals surface area contributed by atoms with E-state index in [1.165, 1.54) is 17.1 Å². The number of halogens is 1. The Morgan fingerprint density at radius 2 is 1.79 bits per heavy atom.